The SMILES string of the molecule is COc1ccc2c(c1)C(=O)c1cc([N+](=O)[O-])cc([N+](=O)[O-])c1-2. The zero-order valence-corrected chi connectivity index (χ0v) is 11.2. The van der Waals surface area contributed by atoms with Crippen LogP contribution in [0, 0.1) is 20.2 Å². The maximum atomic E-state index is 12.4. The molecular formula is C14H8N2O6. The minimum Gasteiger partial charge on any atom is -0.497 e. The Kier molecular flexibility index (Phi) is 2.87. The monoisotopic (exact) mass is 300 g/mol. The van der Waals surface area contributed by atoms with Crippen molar-refractivity contribution in [3.05, 3.63) is 61.7 Å². The van der Waals surface area contributed by atoms with Gasteiger partial charge in [-0.3, -0.25) is 25.0 Å². The fourth-order valence-electron chi connectivity index (χ4n) is 2.52. The number of nitrogens with zero attached hydrogens (tertiary/aromatic N) is 2. The summed E-state index contributed by atoms with van der Waals surface area (Å²) in [5, 5.41) is 22.1. The van der Waals surface area contributed by atoms with Crippen LogP contribution in [0.25, 0.3) is 11.1 Å². The van der Waals surface area contributed by atoms with Gasteiger partial charge in [0.25, 0.3) is 11.4 Å². The van der Waals surface area contributed by atoms with Crippen molar-refractivity contribution in [2.75, 3.05) is 7.11 Å². The molecule has 110 valence electrons. The van der Waals surface area contributed by atoms with Gasteiger partial charge < -0.3 is 4.74 Å². The third kappa shape index (κ3) is 1.81. The maximum absolute atomic E-state index is 12.4. The number of hydrogen-bond donors (Lipinski definition) is 0. The molecule has 0 fully saturated rings. The van der Waals surface area contributed by atoms with Gasteiger partial charge in [-0.25, -0.2) is 0 Å². The lowest BCUT2D eigenvalue weighted by atomic mass is 10.0. The molecule has 0 saturated carbocycles. The molecule has 0 unspecified atom stereocenters. The van der Waals surface area contributed by atoms with Crippen molar-refractivity contribution in [3.8, 4) is 16.9 Å². The van der Waals surface area contributed by atoms with Crippen LogP contribution in [0.5, 0.6) is 5.75 Å². The van der Waals surface area contributed by atoms with Gasteiger partial charge in [0.05, 0.1) is 28.6 Å². The second-order valence-electron chi connectivity index (χ2n) is 4.64. The van der Waals surface area contributed by atoms with Crippen LogP contribution in [0.4, 0.5) is 11.4 Å². The number of carbonyl (C=O) groups excluding carboxylic acids is 1. The zero-order chi connectivity index (χ0) is 16.0. The Morgan fingerprint density at radius 3 is 2.27 bits per heavy atom. The third-order valence-electron chi connectivity index (χ3n) is 3.50. The summed E-state index contributed by atoms with van der Waals surface area (Å²) in [7, 11) is 1.43. The third-order valence-corrected chi connectivity index (χ3v) is 3.50. The normalized spacial score (nSPS) is 11.8. The number of carbonyl (C=O) groups is 1. The van der Waals surface area contributed by atoms with Crippen LogP contribution in [0.1, 0.15) is 15.9 Å². The number of ketones is 1. The fraction of sp³-hybridized carbons (Fsp3) is 0.0714. The molecule has 0 spiro atoms. The van der Waals surface area contributed by atoms with E-state index in [9.17, 15) is 25.0 Å². The standard InChI is InChI=1S/C14H8N2O6/c1-22-8-2-3-9-10(6-8)14(17)11-4-7(15(18)19)5-12(13(9)11)16(20)21/h2-6H,1H3. The highest BCUT2D eigenvalue weighted by Crippen LogP contribution is 2.45. The number of benzene rings is 2. The fourth-order valence-corrected chi connectivity index (χ4v) is 2.52. The number of hydrogen-bond acceptors (Lipinski definition) is 6. The van der Waals surface area contributed by atoms with Gasteiger partial charge >= 0.3 is 0 Å². The highest BCUT2D eigenvalue weighted by atomic mass is 16.6. The summed E-state index contributed by atoms with van der Waals surface area (Å²) in [6, 6.07) is 6.51. The predicted molar refractivity (Wildman–Crippen MR) is 75.2 cm³/mol. The Morgan fingerprint density at radius 2 is 1.68 bits per heavy atom. The van der Waals surface area contributed by atoms with E-state index in [1.807, 2.05) is 0 Å². The highest BCUT2D eigenvalue weighted by molar-refractivity contribution is 6.23. The minimum absolute atomic E-state index is 0.0378. The topological polar surface area (TPSA) is 113 Å². The first kappa shape index (κ1) is 13.7. The number of nitro groups is 2. The molecule has 1 aliphatic rings. The van der Waals surface area contributed by atoms with Crippen molar-refractivity contribution in [1.29, 1.82) is 0 Å². The molecule has 0 heterocycles. The van der Waals surface area contributed by atoms with Crippen LogP contribution in [0.2, 0.25) is 0 Å². The number of nitro benzene ring substituents is 2. The average Bonchev–Trinajstić information content (AvgIpc) is 2.79. The molecule has 0 aliphatic heterocycles. The lowest BCUT2D eigenvalue weighted by Gasteiger charge is -2.03. The van der Waals surface area contributed by atoms with Gasteiger partial charge in [0.1, 0.15) is 5.75 Å². The van der Waals surface area contributed by atoms with E-state index in [-0.39, 0.29) is 16.7 Å². The van der Waals surface area contributed by atoms with Crippen molar-refractivity contribution in [1.82, 2.24) is 0 Å². The molecule has 2 aromatic rings. The first-order valence-corrected chi connectivity index (χ1v) is 6.14. The van der Waals surface area contributed by atoms with Gasteiger partial charge in [-0.05, 0) is 18.2 Å². The molecule has 0 saturated heterocycles. The largest absolute Gasteiger partial charge is 0.497 e. The Bertz CT molecular complexity index is 859. The molecule has 3 rings (SSSR count). The summed E-state index contributed by atoms with van der Waals surface area (Å²) in [6.07, 6.45) is 0. The number of fused-ring (bicyclic) bond motifs is 3. The second kappa shape index (κ2) is 4.62. The van der Waals surface area contributed by atoms with E-state index in [1.165, 1.54) is 19.2 Å². The van der Waals surface area contributed by atoms with E-state index in [4.69, 9.17) is 4.74 Å². The number of rotatable bonds is 3. The first-order valence-electron chi connectivity index (χ1n) is 6.14. The van der Waals surface area contributed by atoms with Crippen molar-refractivity contribution in [2.45, 2.75) is 0 Å². The molecule has 22 heavy (non-hydrogen) atoms. The summed E-state index contributed by atoms with van der Waals surface area (Å²) in [5.41, 5.74) is -0.261. The van der Waals surface area contributed by atoms with Gasteiger partial charge in [0, 0.05) is 22.8 Å². The second-order valence-corrected chi connectivity index (χ2v) is 4.64. The quantitative estimate of drug-likeness (QED) is 0.543. The number of non-ortho nitro benzene ring substituents is 1. The average molecular weight is 300 g/mol. The minimum atomic E-state index is -0.760. The Labute approximate surface area is 123 Å². The van der Waals surface area contributed by atoms with E-state index < -0.39 is 27.0 Å². The van der Waals surface area contributed by atoms with Crippen LogP contribution in [-0.2, 0) is 0 Å². The summed E-state index contributed by atoms with van der Waals surface area (Å²) in [4.78, 5) is 33.1. The van der Waals surface area contributed by atoms with Crippen molar-refractivity contribution in [2.24, 2.45) is 0 Å². The van der Waals surface area contributed by atoms with Gasteiger partial charge in [0.2, 0.25) is 0 Å². The first-order chi connectivity index (χ1) is 10.4. The number of ether oxygens (including phenoxy) is 1. The summed E-state index contributed by atoms with van der Waals surface area (Å²) in [5.74, 6) is -0.0623. The highest BCUT2D eigenvalue weighted by Gasteiger charge is 2.36. The Hall–Kier alpha value is -3.29. The van der Waals surface area contributed by atoms with Gasteiger partial charge in [-0.2, -0.15) is 0 Å². The summed E-state index contributed by atoms with van der Waals surface area (Å²) < 4.78 is 5.03. The molecule has 0 amide bonds. The smallest absolute Gasteiger partial charge is 0.284 e. The molecule has 8 nitrogen and oxygen atoms in total. The molecule has 0 N–H and O–H groups in total. The van der Waals surface area contributed by atoms with Crippen molar-refractivity contribution in [3.63, 3.8) is 0 Å². The maximum Gasteiger partial charge on any atom is 0.284 e. The zero-order valence-electron chi connectivity index (χ0n) is 11.2. The molecule has 0 radical (unpaired) electrons. The Morgan fingerprint density at radius 1 is 0.955 bits per heavy atom. The van der Waals surface area contributed by atoms with Crippen molar-refractivity contribution >= 4 is 17.2 Å². The molecule has 0 aromatic heterocycles. The van der Waals surface area contributed by atoms with Crippen LogP contribution in [-0.4, -0.2) is 22.7 Å². The predicted octanol–water partition coefficient (Wildman–Crippen LogP) is 2.72. The molecule has 0 bridgehead atoms. The number of methoxy groups -OCH3 is 1. The van der Waals surface area contributed by atoms with E-state index >= 15 is 0 Å². The van der Waals surface area contributed by atoms with E-state index in [0.717, 1.165) is 12.1 Å². The van der Waals surface area contributed by atoms with Crippen LogP contribution < -0.4 is 4.74 Å². The van der Waals surface area contributed by atoms with E-state index in [2.05, 4.69) is 0 Å². The summed E-state index contributed by atoms with van der Waals surface area (Å²) >= 11 is 0. The molecule has 0 atom stereocenters. The van der Waals surface area contributed by atoms with Gasteiger partial charge in [-0.15, -0.1) is 0 Å². The van der Waals surface area contributed by atoms with E-state index in [0.29, 0.717) is 11.3 Å². The van der Waals surface area contributed by atoms with Gasteiger partial charge in [0.15, 0.2) is 5.78 Å². The van der Waals surface area contributed by atoms with E-state index in [1.54, 1.807) is 6.07 Å². The van der Waals surface area contributed by atoms with Gasteiger partial charge in [-0.1, -0.05) is 0 Å². The van der Waals surface area contributed by atoms with Crippen molar-refractivity contribution < 1.29 is 19.4 Å². The lowest BCUT2D eigenvalue weighted by molar-refractivity contribution is -0.393. The van der Waals surface area contributed by atoms with Crippen LogP contribution in [0.3, 0.4) is 0 Å². The van der Waals surface area contributed by atoms with Crippen LogP contribution >= 0.6 is 0 Å². The lowest BCUT2D eigenvalue weighted by Crippen LogP contribution is -1.99. The molecular weight excluding hydrogens is 292 g/mol. The Balaban J connectivity index is 2.35. The van der Waals surface area contributed by atoms with Crippen LogP contribution in [0.15, 0.2) is 30.3 Å². The summed E-state index contributed by atoms with van der Waals surface area (Å²) in [6.45, 7) is 0. The molecule has 8 heteroatoms. The molecule has 1 aliphatic carbocycles. The molecule has 2 aromatic carbocycles.